The fourth-order valence-electron chi connectivity index (χ4n) is 2.05. The lowest BCUT2D eigenvalue weighted by Gasteiger charge is -2.10. The summed E-state index contributed by atoms with van der Waals surface area (Å²) in [5.74, 6) is -2.20. The summed E-state index contributed by atoms with van der Waals surface area (Å²) in [6, 6.07) is 9.51. The molecule has 0 bridgehead atoms. The van der Waals surface area contributed by atoms with E-state index >= 15 is 0 Å². The van der Waals surface area contributed by atoms with Crippen LogP contribution in [0.3, 0.4) is 0 Å². The first-order chi connectivity index (χ1) is 9.41. The number of carboxylic acids is 2. The van der Waals surface area contributed by atoms with Gasteiger partial charge in [0.05, 0.1) is 16.1 Å². The van der Waals surface area contributed by atoms with Crippen LogP contribution in [0.4, 0.5) is 0 Å². The Morgan fingerprint density at radius 3 is 2.35 bits per heavy atom. The smallest absolute Gasteiger partial charge is 0.337 e. The first-order valence-electron chi connectivity index (χ1n) is 5.78. The zero-order valence-corrected chi connectivity index (χ0v) is 11.3. The van der Waals surface area contributed by atoms with Crippen LogP contribution >= 0.6 is 11.6 Å². The molecular formula is C15H11ClO4. The molecule has 0 aliphatic carbocycles. The van der Waals surface area contributed by atoms with E-state index in [9.17, 15) is 14.7 Å². The molecule has 0 amide bonds. The first-order valence-corrected chi connectivity index (χ1v) is 6.15. The van der Waals surface area contributed by atoms with Gasteiger partial charge in [-0.3, -0.25) is 0 Å². The van der Waals surface area contributed by atoms with E-state index in [0.717, 1.165) is 0 Å². The number of hydrogen-bond acceptors (Lipinski definition) is 2. The summed E-state index contributed by atoms with van der Waals surface area (Å²) in [5.41, 5.74) is 1.69. The topological polar surface area (TPSA) is 74.6 Å². The van der Waals surface area contributed by atoms with Gasteiger partial charge < -0.3 is 10.2 Å². The maximum absolute atomic E-state index is 11.4. The van der Waals surface area contributed by atoms with Crippen LogP contribution < -0.4 is 0 Å². The molecule has 2 aromatic carbocycles. The molecule has 0 fully saturated rings. The molecule has 0 aliphatic heterocycles. The van der Waals surface area contributed by atoms with E-state index in [1.165, 1.54) is 12.1 Å². The number of carboxylic acid groups (broad SMARTS) is 2. The summed E-state index contributed by atoms with van der Waals surface area (Å²) >= 11 is 5.82. The van der Waals surface area contributed by atoms with Crippen molar-refractivity contribution in [2.24, 2.45) is 0 Å². The summed E-state index contributed by atoms with van der Waals surface area (Å²) in [7, 11) is 0. The maximum atomic E-state index is 11.4. The van der Waals surface area contributed by atoms with E-state index in [1.807, 2.05) is 0 Å². The molecular weight excluding hydrogens is 280 g/mol. The number of carbonyl (C=O) groups is 2. The zero-order valence-electron chi connectivity index (χ0n) is 10.6. The maximum Gasteiger partial charge on any atom is 0.337 e. The third kappa shape index (κ3) is 2.51. The Morgan fingerprint density at radius 2 is 1.75 bits per heavy atom. The highest BCUT2D eigenvalue weighted by atomic mass is 35.5. The lowest BCUT2D eigenvalue weighted by molar-refractivity contribution is 0.0687. The molecule has 0 aliphatic rings. The summed E-state index contributed by atoms with van der Waals surface area (Å²) in [5, 5.41) is 18.5. The molecule has 0 atom stereocenters. The van der Waals surface area contributed by atoms with Gasteiger partial charge in [0.1, 0.15) is 0 Å². The minimum atomic E-state index is -1.15. The molecule has 0 spiro atoms. The van der Waals surface area contributed by atoms with Crippen LogP contribution in [0.5, 0.6) is 0 Å². The molecule has 0 aromatic heterocycles. The molecule has 0 radical (unpaired) electrons. The molecule has 2 N–H and O–H groups in total. The van der Waals surface area contributed by atoms with Gasteiger partial charge in [-0.25, -0.2) is 9.59 Å². The Kier molecular flexibility index (Phi) is 3.77. The van der Waals surface area contributed by atoms with E-state index in [-0.39, 0.29) is 16.1 Å². The normalized spacial score (nSPS) is 10.3. The number of aromatic carboxylic acids is 2. The van der Waals surface area contributed by atoms with E-state index in [1.54, 1.807) is 31.2 Å². The van der Waals surface area contributed by atoms with Crippen molar-refractivity contribution < 1.29 is 19.8 Å². The van der Waals surface area contributed by atoms with Crippen molar-refractivity contribution >= 4 is 23.5 Å². The molecule has 102 valence electrons. The van der Waals surface area contributed by atoms with Gasteiger partial charge in [-0.05, 0) is 35.7 Å². The van der Waals surface area contributed by atoms with Crippen LogP contribution in [0.2, 0.25) is 5.02 Å². The zero-order chi connectivity index (χ0) is 14.9. The lowest BCUT2D eigenvalue weighted by Crippen LogP contribution is -2.03. The van der Waals surface area contributed by atoms with Gasteiger partial charge in [-0.2, -0.15) is 0 Å². The Morgan fingerprint density at radius 1 is 1.05 bits per heavy atom. The predicted molar refractivity (Wildman–Crippen MR) is 75.5 cm³/mol. The summed E-state index contributed by atoms with van der Waals surface area (Å²) in [6.45, 7) is 1.70. The average molecular weight is 291 g/mol. The fraction of sp³-hybridized carbons (Fsp3) is 0.0667. The first kappa shape index (κ1) is 14.1. The summed E-state index contributed by atoms with van der Waals surface area (Å²) < 4.78 is 0. The predicted octanol–water partition coefficient (Wildman–Crippen LogP) is 3.71. The van der Waals surface area contributed by atoms with E-state index in [2.05, 4.69) is 0 Å². The SMILES string of the molecule is Cc1cccc(-c2ccc(Cl)c(C(=O)O)c2)c1C(=O)O. The Bertz CT molecular complexity index is 707. The summed E-state index contributed by atoms with van der Waals surface area (Å²) in [6.07, 6.45) is 0. The molecule has 2 aromatic rings. The largest absolute Gasteiger partial charge is 0.478 e. The van der Waals surface area contributed by atoms with Crippen molar-refractivity contribution in [1.29, 1.82) is 0 Å². The van der Waals surface area contributed by atoms with Crippen LogP contribution in [0.15, 0.2) is 36.4 Å². The van der Waals surface area contributed by atoms with Crippen molar-refractivity contribution in [3.63, 3.8) is 0 Å². The van der Waals surface area contributed by atoms with Crippen molar-refractivity contribution in [1.82, 2.24) is 0 Å². The number of hydrogen-bond donors (Lipinski definition) is 2. The second-order valence-electron chi connectivity index (χ2n) is 4.30. The monoisotopic (exact) mass is 290 g/mol. The Hall–Kier alpha value is -2.33. The van der Waals surface area contributed by atoms with Crippen LogP contribution in [0.1, 0.15) is 26.3 Å². The van der Waals surface area contributed by atoms with Crippen molar-refractivity contribution in [3.8, 4) is 11.1 Å². The van der Waals surface area contributed by atoms with Gasteiger partial charge >= 0.3 is 11.9 Å². The number of aryl methyl sites for hydroxylation is 1. The van der Waals surface area contributed by atoms with Gasteiger partial charge in [0.15, 0.2) is 0 Å². The standard InChI is InChI=1S/C15H11ClO4/c1-8-3-2-4-10(13(8)15(19)20)9-5-6-12(16)11(7-9)14(17)18/h2-7H,1H3,(H,17,18)(H,19,20). The van der Waals surface area contributed by atoms with Gasteiger partial charge in [-0.15, -0.1) is 0 Å². The lowest BCUT2D eigenvalue weighted by atomic mass is 9.95. The number of benzene rings is 2. The number of halogens is 1. The molecule has 0 heterocycles. The average Bonchev–Trinajstić information content (AvgIpc) is 2.38. The minimum absolute atomic E-state index is 0.0537. The third-order valence-electron chi connectivity index (χ3n) is 2.99. The molecule has 4 nitrogen and oxygen atoms in total. The van der Waals surface area contributed by atoms with E-state index in [4.69, 9.17) is 16.7 Å². The molecule has 0 unspecified atom stereocenters. The molecule has 0 saturated heterocycles. The minimum Gasteiger partial charge on any atom is -0.478 e. The Labute approximate surface area is 120 Å². The quantitative estimate of drug-likeness (QED) is 0.903. The highest BCUT2D eigenvalue weighted by Crippen LogP contribution is 2.29. The van der Waals surface area contributed by atoms with E-state index < -0.39 is 11.9 Å². The Balaban J connectivity index is 2.69. The number of rotatable bonds is 3. The van der Waals surface area contributed by atoms with Crippen molar-refractivity contribution in [2.75, 3.05) is 0 Å². The van der Waals surface area contributed by atoms with Crippen LogP contribution in [0, 0.1) is 6.92 Å². The highest BCUT2D eigenvalue weighted by Gasteiger charge is 2.16. The highest BCUT2D eigenvalue weighted by molar-refractivity contribution is 6.33. The molecule has 2 rings (SSSR count). The van der Waals surface area contributed by atoms with Crippen LogP contribution in [-0.2, 0) is 0 Å². The van der Waals surface area contributed by atoms with Crippen LogP contribution in [0.25, 0.3) is 11.1 Å². The molecule has 0 saturated carbocycles. The van der Waals surface area contributed by atoms with Gasteiger partial charge in [-0.1, -0.05) is 35.9 Å². The molecule has 20 heavy (non-hydrogen) atoms. The van der Waals surface area contributed by atoms with Gasteiger partial charge in [0.2, 0.25) is 0 Å². The third-order valence-corrected chi connectivity index (χ3v) is 3.32. The summed E-state index contributed by atoms with van der Waals surface area (Å²) in [4.78, 5) is 22.4. The molecule has 5 heteroatoms. The second kappa shape index (κ2) is 5.35. The van der Waals surface area contributed by atoms with Crippen LogP contribution in [-0.4, -0.2) is 22.2 Å². The van der Waals surface area contributed by atoms with Crippen molar-refractivity contribution in [2.45, 2.75) is 6.92 Å². The van der Waals surface area contributed by atoms with Gasteiger partial charge in [0, 0.05) is 0 Å². The van der Waals surface area contributed by atoms with E-state index in [0.29, 0.717) is 16.7 Å². The van der Waals surface area contributed by atoms with Gasteiger partial charge in [0.25, 0.3) is 0 Å². The second-order valence-corrected chi connectivity index (χ2v) is 4.71. The van der Waals surface area contributed by atoms with Crippen molar-refractivity contribution in [3.05, 3.63) is 58.1 Å². The fourth-order valence-corrected chi connectivity index (χ4v) is 2.25.